The maximum Gasteiger partial charge on any atom is 0.262 e. The van der Waals surface area contributed by atoms with Crippen LogP contribution in [0.5, 0.6) is 0 Å². The number of carbonyl (C=O) groups excluding carboxylic acids is 1. The number of amides is 1. The molecule has 0 heterocycles. The minimum absolute atomic E-state index is 0.0816. The van der Waals surface area contributed by atoms with Crippen molar-refractivity contribution in [1.82, 2.24) is 5.32 Å². The maximum absolute atomic E-state index is 12.9. The number of benzene rings is 3. The molecule has 1 amide bonds. The number of carbonyl (C=O) groups is 1. The topological polar surface area (TPSA) is 75.3 Å². The minimum Gasteiger partial charge on any atom is -0.346 e. The fraction of sp³-hybridized carbons (Fsp3) is 0.208. The van der Waals surface area contributed by atoms with E-state index in [1.54, 1.807) is 43.3 Å². The first-order valence-corrected chi connectivity index (χ1v) is 11.2. The fourth-order valence-electron chi connectivity index (χ4n) is 3.42. The van der Waals surface area contributed by atoms with E-state index in [-0.39, 0.29) is 16.8 Å². The third kappa shape index (κ3) is 4.89. The molecule has 3 aromatic rings. The fourth-order valence-corrected chi connectivity index (χ4v) is 4.75. The maximum atomic E-state index is 12.9. The number of hydrogen-bond acceptors (Lipinski definition) is 3. The largest absolute Gasteiger partial charge is 0.346 e. The first-order chi connectivity index (χ1) is 14.2. The highest BCUT2D eigenvalue weighted by molar-refractivity contribution is 7.92. The molecule has 0 bridgehead atoms. The average Bonchev–Trinajstić information content (AvgIpc) is 2.68. The highest BCUT2D eigenvalue weighted by Crippen LogP contribution is 2.22. The van der Waals surface area contributed by atoms with Gasteiger partial charge in [-0.1, -0.05) is 48.0 Å². The second kappa shape index (κ2) is 8.71. The monoisotopic (exact) mass is 422 g/mol. The Hall–Kier alpha value is -3.12. The van der Waals surface area contributed by atoms with Crippen molar-refractivity contribution >= 4 is 21.6 Å². The molecule has 0 fully saturated rings. The van der Waals surface area contributed by atoms with E-state index in [0.717, 1.165) is 16.7 Å². The Kier molecular flexibility index (Phi) is 6.27. The summed E-state index contributed by atoms with van der Waals surface area (Å²) in [5, 5.41) is 2.97. The van der Waals surface area contributed by atoms with Gasteiger partial charge in [0.25, 0.3) is 15.9 Å². The van der Waals surface area contributed by atoms with E-state index in [4.69, 9.17) is 0 Å². The second-order valence-corrected chi connectivity index (χ2v) is 9.16. The molecule has 0 aliphatic rings. The third-order valence-electron chi connectivity index (χ3n) is 5.01. The molecule has 0 unspecified atom stereocenters. The normalized spacial score (nSPS) is 12.3. The van der Waals surface area contributed by atoms with Crippen LogP contribution < -0.4 is 10.0 Å². The summed E-state index contributed by atoms with van der Waals surface area (Å²) in [7, 11) is -3.82. The van der Waals surface area contributed by atoms with Gasteiger partial charge in [0.1, 0.15) is 0 Å². The summed E-state index contributed by atoms with van der Waals surface area (Å²) in [5.74, 6) is -0.321. The summed E-state index contributed by atoms with van der Waals surface area (Å²) in [6.45, 7) is 7.66. The Labute approximate surface area is 178 Å². The highest BCUT2D eigenvalue weighted by Gasteiger charge is 2.20. The van der Waals surface area contributed by atoms with Crippen molar-refractivity contribution in [2.45, 2.75) is 38.6 Å². The van der Waals surface area contributed by atoms with Crippen LogP contribution in [-0.2, 0) is 10.0 Å². The van der Waals surface area contributed by atoms with Crippen molar-refractivity contribution in [2.75, 3.05) is 4.72 Å². The van der Waals surface area contributed by atoms with Gasteiger partial charge in [0, 0.05) is 11.3 Å². The standard InChI is InChI=1S/C24H26N2O3S/c1-16-10-13-22(18(3)14-16)19(4)25-24(27)20-12-11-17(2)23(15-20)30(28,29)26-21-8-6-5-7-9-21/h5-15,19,26H,1-4H3,(H,25,27)/t19-/m0/s1. The van der Waals surface area contributed by atoms with Gasteiger partial charge < -0.3 is 5.32 Å². The molecule has 5 nitrogen and oxygen atoms in total. The Morgan fingerprint density at radius 2 is 1.57 bits per heavy atom. The lowest BCUT2D eigenvalue weighted by Crippen LogP contribution is -2.27. The summed E-state index contributed by atoms with van der Waals surface area (Å²) < 4.78 is 28.3. The Bertz CT molecular complexity index is 1170. The molecule has 0 aliphatic carbocycles. The smallest absolute Gasteiger partial charge is 0.262 e. The van der Waals surface area contributed by atoms with Crippen LogP contribution in [0.1, 0.15) is 45.6 Å². The van der Waals surface area contributed by atoms with Crippen LogP contribution in [0.3, 0.4) is 0 Å². The quantitative estimate of drug-likeness (QED) is 0.593. The molecule has 30 heavy (non-hydrogen) atoms. The van der Waals surface area contributed by atoms with Crippen LogP contribution in [0.25, 0.3) is 0 Å². The van der Waals surface area contributed by atoms with Crippen LogP contribution in [-0.4, -0.2) is 14.3 Å². The number of nitrogens with one attached hydrogen (secondary N) is 2. The van der Waals surface area contributed by atoms with E-state index in [0.29, 0.717) is 16.8 Å². The predicted molar refractivity (Wildman–Crippen MR) is 120 cm³/mol. The van der Waals surface area contributed by atoms with E-state index in [1.807, 2.05) is 39.0 Å². The molecule has 156 valence electrons. The molecule has 0 spiro atoms. The number of para-hydroxylation sites is 1. The van der Waals surface area contributed by atoms with Crippen LogP contribution >= 0.6 is 0 Å². The molecule has 0 aromatic heterocycles. The van der Waals surface area contributed by atoms with Gasteiger partial charge in [-0.2, -0.15) is 0 Å². The highest BCUT2D eigenvalue weighted by atomic mass is 32.2. The SMILES string of the molecule is Cc1ccc([C@H](C)NC(=O)c2ccc(C)c(S(=O)(=O)Nc3ccccc3)c2)c(C)c1. The van der Waals surface area contributed by atoms with E-state index >= 15 is 0 Å². The Balaban J connectivity index is 1.84. The first kappa shape index (κ1) is 21.6. The Morgan fingerprint density at radius 1 is 0.867 bits per heavy atom. The van der Waals surface area contributed by atoms with Crippen LogP contribution in [0.15, 0.2) is 71.6 Å². The molecule has 0 saturated heterocycles. The lowest BCUT2D eigenvalue weighted by molar-refractivity contribution is 0.0939. The molecule has 3 aromatic carbocycles. The molecular formula is C24H26N2O3S. The number of hydrogen-bond donors (Lipinski definition) is 2. The average molecular weight is 423 g/mol. The Morgan fingerprint density at radius 3 is 2.23 bits per heavy atom. The number of aryl methyl sites for hydroxylation is 3. The minimum atomic E-state index is -3.82. The van der Waals surface area contributed by atoms with E-state index in [2.05, 4.69) is 16.1 Å². The van der Waals surface area contributed by atoms with E-state index < -0.39 is 10.0 Å². The molecule has 3 rings (SSSR count). The van der Waals surface area contributed by atoms with Crippen molar-refractivity contribution in [3.8, 4) is 0 Å². The van der Waals surface area contributed by atoms with Crippen LogP contribution in [0, 0.1) is 20.8 Å². The zero-order valence-electron chi connectivity index (χ0n) is 17.6. The molecule has 0 aliphatic heterocycles. The molecule has 1 atom stereocenters. The van der Waals surface area contributed by atoms with Crippen molar-refractivity contribution in [3.05, 3.63) is 94.5 Å². The number of sulfonamides is 1. The van der Waals surface area contributed by atoms with E-state index in [1.165, 1.54) is 6.07 Å². The van der Waals surface area contributed by atoms with Gasteiger partial charge >= 0.3 is 0 Å². The van der Waals surface area contributed by atoms with Crippen molar-refractivity contribution < 1.29 is 13.2 Å². The summed E-state index contributed by atoms with van der Waals surface area (Å²) in [4.78, 5) is 12.9. The van der Waals surface area contributed by atoms with Gasteiger partial charge in [-0.05, 0) is 68.7 Å². The first-order valence-electron chi connectivity index (χ1n) is 9.74. The van der Waals surface area contributed by atoms with Crippen LogP contribution in [0.4, 0.5) is 5.69 Å². The summed E-state index contributed by atoms with van der Waals surface area (Å²) in [6, 6.07) is 19.3. The summed E-state index contributed by atoms with van der Waals surface area (Å²) >= 11 is 0. The molecule has 0 radical (unpaired) electrons. The van der Waals surface area contributed by atoms with Gasteiger partial charge in [0.2, 0.25) is 0 Å². The third-order valence-corrected chi connectivity index (χ3v) is 6.53. The summed E-state index contributed by atoms with van der Waals surface area (Å²) in [6.07, 6.45) is 0. The van der Waals surface area contributed by atoms with Crippen LogP contribution in [0.2, 0.25) is 0 Å². The van der Waals surface area contributed by atoms with Gasteiger partial charge in [0.15, 0.2) is 0 Å². The lowest BCUT2D eigenvalue weighted by Gasteiger charge is -2.18. The molecule has 2 N–H and O–H groups in total. The number of anilines is 1. The van der Waals surface area contributed by atoms with Gasteiger partial charge in [0.05, 0.1) is 10.9 Å². The van der Waals surface area contributed by atoms with Crippen molar-refractivity contribution in [1.29, 1.82) is 0 Å². The molecule has 0 saturated carbocycles. The van der Waals surface area contributed by atoms with Crippen molar-refractivity contribution in [3.63, 3.8) is 0 Å². The molecule has 6 heteroatoms. The van der Waals surface area contributed by atoms with Gasteiger partial charge in [-0.3, -0.25) is 9.52 Å². The summed E-state index contributed by atoms with van der Waals surface area (Å²) in [5.41, 5.74) is 4.62. The van der Waals surface area contributed by atoms with E-state index in [9.17, 15) is 13.2 Å². The predicted octanol–water partition coefficient (Wildman–Crippen LogP) is 4.90. The molecular weight excluding hydrogens is 396 g/mol. The van der Waals surface area contributed by atoms with Gasteiger partial charge in [-0.25, -0.2) is 8.42 Å². The second-order valence-electron chi connectivity index (χ2n) is 7.51. The van der Waals surface area contributed by atoms with Gasteiger partial charge in [-0.15, -0.1) is 0 Å². The number of rotatable bonds is 6. The lowest BCUT2D eigenvalue weighted by atomic mass is 10.00. The van der Waals surface area contributed by atoms with Crippen molar-refractivity contribution in [2.24, 2.45) is 0 Å². The zero-order chi connectivity index (χ0) is 21.9. The zero-order valence-corrected chi connectivity index (χ0v) is 18.4.